The van der Waals surface area contributed by atoms with Gasteiger partial charge in [0.2, 0.25) is 0 Å². The van der Waals surface area contributed by atoms with E-state index in [-0.39, 0.29) is 0 Å². The highest BCUT2D eigenvalue weighted by atomic mass is 35.5. The number of rotatable bonds is 3. The van der Waals surface area contributed by atoms with Crippen molar-refractivity contribution in [3.8, 4) is 0 Å². The third-order valence-electron chi connectivity index (χ3n) is 2.27. The van der Waals surface area contributed by atoms with Crippen LogP contribution in [-0.4, -0.2) is 19.7 Å². The molecule has 2 rings (SSSR count). The number of nitrogens with two attached hydrogens (primary N) is 1. The summed E-state index contributed by atoms with van der Waals surface area (Å²) in [5.41, 5.74) is 2.41. The highest BCUT2D eigenvalue weighted by Crippen LogP contribution is 2.34. The van der Waals surface area contributed by atoms with E-state index in [9.17, 15) is 0 Å². The molecule has 0 saturated heterocycles. The number of halogens is 2. The van der Waals surface area contributed by atoms with E-state index in [1.54, 1.807) is 6.07 Å². The highest BCUT2D eigenvalue weighted by molar-refractivity contribution is 7.99. The van der Waals surface area contributed by atoms with Gasteiger partial charge in [0.05, 0.1) is 10.0 Å². The standard InChI is InChI=1S/C9H10Cl2N6S/c1-4-15-16-9(17(4)2)18-8-6(11)3-5(10)7(13-8)14-12/h3H,12H2,1-2H3,(H,13,14). The van der Waals surface area contributed by atoms with Crippen LogP contribution >= 0.6 is 35.0 Å². The first-order valence-electron chi connectivity index (χ1n) is 4.89. The van der Waals surface area contributed by atoms with Crippen LogP contribution < -0.4 is 11.3 Å². The van der Waals surface area contributed by atoms with Gasteiger partial charge in [-0.05, 0) is 24.8 Å². The summed E-state index contributed by atoms with van der Waals surface area (Å²) < 4.78 is 1.84. The van der Waals surface area contributed by atoms with Gasteiger partial charge in [-0.1, -0.05) is 23.2 Å². The van der Waals surface area contributed by atoms with Gasteiger partial charge < -0.3 is 9.99 Å². The Kier molecular flexibility index (Phi) is 3.96. The topological polar surface area (TPSA) is 81.7 Å². The second kappa shape index (κ2) is 5.31. The van der Waals surface area contributed by atoms with Crippen molar-refractivity contribution in [3.63, 3.8) is 0 Å². The van der Waals surface area contributed by atoms with Crippen molar-refractivity contribution in [2.45, 2.75) is 17.1 Å². The molecule has 0 unspecified atom stereocenters. The Morgan fingerprint density at radius 3 is 2.61 bits per heavy atom. The molecular formula is C9H10Cl2N6S. The molecule has 2 aromatic heterocycles. The maximum Gasteiger partial charge on any atom is 0.197 e. The fraction of sp³-hybridized carbons (Fsp3) is 0.222. The fourth-order valence-corrected chi connectivity index (χ4v) is 2.53. The molecule has 0 saturated carbocycles. The van der Waals surface area contributed by atoms with E-state index in [0.29, 0.717) is 26.0 Å². The Morgan fingerprint density at radius 1 is 1.33 bits per heavy atom. The van der Waals surface area contributed by atoms with E-state index in [2.05, 4.69) is 20.6 Å². The molecule has 96 valence electrons. The first kappa shape index (κ1) is 13.4. The highest BCUT2D eigenvalue weighted by Gasteiger charge is 2.13. The molecule has 0 fully saturated rings. The van der Waals surface area contributed by atoms with Crippen LogP contribution in [-0.2, 0) is 7.05 Å². The first-order valence-corrected chi connectivity index (χ1v) is 6.46. The lowest BCUT2D eigenvalue weighted by atomic mass is 10.4. The molecule has 2 aromatic rings. The maximum absolute atomic E-state index is 6.07. The Hall–Kier alpha value is -1.02. The van der Waals surface area contributed by atoms with Gasteiger partial charge in [-0.3, -0.25) is 0 Å². The summed E-state index contributed by atoms with van der Waals surface area (Å²) in [4.78, 5) is 4.22. The zero-order valence-corrected chi connectivity index (χ0v) is 11.9. The number of nitrogen functional groups attached to an aromatic ring is 1. The number of hydrogen-bond acceptors (Lipinski definition) is 6. The summed E-state index contributed by atoms with van der Waals surface area (Å²) in [5, 5.41) is 10.0. The van der Waals surface area contributed by atoms with Gasteiger partial charge in [0, 0.05) is 7.05 Å². The molecule has 0 aliphatic rings. The van der Waals surface area contributed by atoms with Gasteiger partial charge in [0.15, 0.2) is 11.0 Å². The lowest BCUT2D eigenvalue weighted by Gasteiger charge is -2.07. The molecule has 0 aliphatic heterocycles. The van der Waals surface area contributed by atoms with E-state index >= 15 is 0 Å². The minimum Gasteiger partial charge on any atom is -0.309 e. The van der Waals surface area contributed by atoms with Crippen LogP contribution in [0.3, 0.4) is 0 Å². The van der Waals surface area contributed by atoms with E-state index in [4.69, 9.17) is 29.0 Å². The van der Waals surface area contributed by atoms with Gasteiger partial charge in [0.25, 0.3) is 0 Å². The number of anilines is 1. The molecule has 0 aliphatic carbocycles. The largest absolute Gasteiger partial charge is 0.309 e. The predicted octanol–water partition coefficient (Wildman–Crippen LogP) is 2.26. The zero-order chi connectivity index (χ0) is 13.3. The number of hydrogen-bond donors (Lipinski definition) is 2. The van der Waals surface area contributed by atoms with Crippen LogP contribution in [0.1, 0.15) is 5.82 Å². The summed E-state index contributed by atoms with van der Waals surface area (Å²) in [6.45, 7) is 1.86. The van der Waals surface area contributed by atoms with Gasteiger partial charge in [-0.15, -0.1) is 10.2 Å². The van der Waals surface area contributed by atoms with Crippen LogP contribution in [0.5, 0.6) is 0 Å². The summed E-state index contributed by atoms with van der Waals surface area (Å²) in [6.07, 6.45) is 0. The van der Waals surface area contributed by atoms with E-state index in [1.165, 1.54) is 11.8 Å². The van der Waals surface area contributed by atoms with Crippen molar-refractivity contribution in [2.75, 3.05) is 5.43 Å². The average Bonchev–Trinajstić information content (AvgIpc) is 2.64. The number of hydrazine groups is 1. The second-order valence-corrected chi connectivity index (χ2v) is 5.21. The van der Waals surface area contributed by atoms with Crippen LogP contribution in [0.4, 0.5) is 5.82 Å². The Bertz CT molecular complexity index is 585. The predicted molar refractivity (Wildman–Crippen MR) is 71.9 cm³/mol. The molecule has 0 amide bonds. The molecule has 9 heteroatoms. The maximum atomic E-state index is 6.07. The van der Waals surface area contributed by atoms with E-state index in [0.717, 1.165) is 5.82 Å². The molecule has 3 N–H and O–H groups in total. The summed E-state index contributed by atoms with van der Waals surface area (Å²) in [5.74, 6) is 6.48. The van der Waals surface area contributed by atoms with Crippen molar-refractivity contribution >= 4 is 40.8 Å². The third kappa shape index (κ3) is 2.54. The van der Waals surface area contributed by atoms with E-state index < -0.39 is 0 Å². The molecule has 0 atom stereocenters. The molecule has 2 heterocycles. The molecule has 18 heavy (non-hydrogen) atoms. The van der Waals surface area contributed by atoms with Crippen molar-refractivity contribution in [3.05, 3.63) is 21.9 Å². The van der Waals surface area contributed by atoms with Gasteiger partial charge in [0.1, 0.15) is 10.9 Å². The summed E-state index contributed by atoms with van der Waals surface area (Å²) in [7, 11) is 1.86. The molecular weight excluding hydrogens is 295 g/mol. The smallest absolute Gasteiger partial charge is 0.197 e. The van der Waals surface area contributed by atoms with Crippen molar-refractivity contribution in [1.82, 2.24) is 19.7 Å². The van der Waals surface area contributed by atoms with Gasteiger partial charge in [-0.2, -0.15) is 0 Å². The fourth-order valence-electron chi connectivity index (χ4n) is 1.19. The van der Waals surface area contributed by atoms with E-state index in [1.807, 2.05) is 18.5 Å². The van der Waals surface area contributed by atoms with Crippen LogP contribution in [0.15, 0.2) is 16.2 Å². The SMILES string of the molecule is Cc1nnc(Sc2nc(NN)c(Cl)cc2Cl)n1C. The molecule has 0 radical (unpaired) electrons. The van der Waals surface area contributed by atoms with Crippen LogP contribution in [0, 0.1) is 6.92 Å². The molecule has 0 spiro atoms. The molecule has 0 aromatic carbocycles. The quantitative estimate of drug-likeness (QED) is 0.668. The van der Waals surface area contributed by atoms with Crippen molar-refractivity contribution in [1.29, 1.82) is 0 Å². The number of aryl methyl sites for hydroxylation is 1. The lowest BCUT2D eigenvalue weighted by Crippen LogP contribution is -2.09. The van der Waals surface area contributed by atoms with Crippen LogP contribution in [0.25, 0.3) is 0 Å². The second-order valence-electron chi connectivity index (χ2n) is 3.44. The number of pyridine rings is 1. The average molecular weight is 305 g/mol. The minimum atomic E-state index is 0.362. The number of nitrogens with zero attached hydrogens (tertiary/aromatic N) is 4. The zero-order valence-electron chi connectivity index (χ0n) is 9.61. The first-order chi connectivity index (χ1) is 8.52. The summed E-state index contributed by atoms with van der Waals surface area (Å²) >= 11 is 13.3. The Balaban J connectivity index is 2.37. The minimum absolute atomic E-state index is 0.362. The van der Waals surface area contributed by atoms with Gasteiger partial charge in [-0.25, -0.2) is 10.8 Å². The summed E-state index contributed by atoms with van der Waals surface area (Å²) in [6, 6.07) is 1.58. The van der Waals surface area contributed by atoms with Crippen LogP contribution in [0.2, 0.25) is 10.0 Å². The Morgan fingerprint density at radius 2 is 2.06 bits per heavy atom. The normalized spacial score (nSPS) is 10.7. The number of aromatic nitrogens is 4. The third-order valence-corrected chi connectivity index (χ3v) is 4.01. The Labute approximate surface area is 118 Å². The van der Waals surface area contributed by atoms with Crippen molar-refractivity contribution < 1.29 is 0 Å². The number of nitrogens with one attached hydrogen (secondary N) is 1. The monoisotopic (exact) mass is 304 g/mol. The lowest BCUT2D eigenvalue weighted by molar-refractivity contribution is 0.764. The van der Waals surface area contributed by atoms with Gasteiger partial charge >= 0.3 is 0 Å². The molecule has 0 bridgehead atoms. The van der Waals surface area contributed by atoms with Crippen molar-refractivity contribution in [2.24, 2.45) is 12.9 Å². The molecule has 6 nitrogen and oxygen atoms in total.